The predicted molar refractivity (Wildman–Crippen MR) is 195 cm³/mol. The topological polar surface area (TPSA) is 100 Å². The number of rotatable bonds is 15. The fourth-order valence-corrected chi connectivity index (χ4v) is 6.93. The molecule has 2 unspecified atom stereocenters. The molecule has 1 aliphatic heterocycles. The van der Waals surface area contributed by atoms with E-state index in [2.05, 4.69) is 75.0 Å². The molecule has 3 heterocycles. The average molecular weight is 656 g/mol. The molecule has 0 amide bonds. The van der Waals surface area contributed by atoms with Gasteiger partial charge in [0.25, 0.3) is 5.91 Å². The van der Waals surface area contributed by atoms with Crippen LogP contribution in [0.2, 0.25) is 0 Å². The minimum atomic E-state index is -0.466. The number of anilines is 1. The summed E-state index contributed by atoms with van der Waals surface area (Å²) in [6, 6.07) is 10.5. The molecule has 2 atom stereocenters. The van der Waals surface area contributed by atoms with Crippen LogP contribution in [0.25, 0.3) is 11.3 Å². The Morgan fingerprint density at radius 1 is 0.957 bits per heavy atom. The SMILES string of the molecule is CCCCC(CC)CN(CC(CC)CCCC)c1nc(-c2ccc(C)cc2)c(/N=C2/C(C)=C(C#N)C(=O)n3nc(C(C)(C)C)nc32)s1. The lowest BCUT2D eigenvalue weighted by molar-refractivity contribution is 0.0941. The molecule has 0 saturated heterocycles. The molecule has 0 bridgehead atoms. The Morgan fingerprint density at radius 3 is 2.06 bits per heavy atom. The van der Waals surface area contributed by atoms with Gasteiger partial charge in [0, 0.05) is 29.6 Å². The van der Waals surface area contributed by atoms with Crippen molar-refractivity contribution in [3.8, 4) is 17.3 Å². The van der Waals surface area contributed by atoms with Gasteiger partial charge in [0.1, 0.15) is 28.0 Å². The second-order valence-corrected chi connectivity index (χ2v) is 15.0. The Morgan fingerprint density at radius 2 is 1.55 bits per heavy atom. The summed E-state index contributed by atoms with van der Waals surface area (Å²) in [7, 11) is 0. The Bertz CT molecular complexity index is 1610. The first-order valence-electron chi connectivity index (χ1n) is 17.5. The van der Waals surface area contributed by atoms with Gasteiger partial charge in [-0.1, -0.05) is 128 Å². The van der Waals surface area contributed by atoms with Crippen LogP contribution in [0.15, 0.2) is 40.4 Å². The van der Waals surface area contributed by atoms with Crippen LogP contribution < -0.4 is 4.90 Å². The molecule has 0 N–H and O–H groups in total. The number of nitriles is 1. The van der Waals surface area contributed by atoms with Crippen molar-refractivity contribution in [2.45, 2.75) is 119 Å². The number of aromatic nitrogens is 4. The molecule has 0 radical (unpaired) electrons. The number of hydrogen-bond acceptors (Lipinski definition) is 8. The summed E-state index contributed by atoms with van der Waals surface area (Å²) < 4.78 is 1.25. The number of thiazole rings is 1. The lowest BCUT2D eigenvalue weighted by Crippen LogP contribution is -2.34. The van der Waals surface area contributed by atoms with Crippen molar-refractivity contribution in [2.75, 3.05) is 18.0 Å². The normalized spacial score (nSPS) is 15.6. The van der Waals surface area contributed by atoms with Crippen molar-refractivity contribution >= 4 is 33.1 Å². The number of unbranched alkanes of at least 4 members (excludes halogenated alkanes) is 2. The third-order valence-electron chi connectivity index (χ3n) is 9.19. The molecule has 9 heteroatoms. The van der Waals surface area contributed by atoms with E-state index in [0.717, 1.165) is 47.3 Å². The van der Waals surface area contributed by atoms with Gasteiger partial charge in [-0.25, -0.2) is 15.0 Å². The molecule has 0 saturated carbocycles. The van der Waals surface area contributed by atoms with Gasteiger partial charge in [0.2, 0.25) is 0 Å². The maximum Gasteiger partial charge on any atom is 0.291 e. The average Bonchev–Trinajstić information content (AvgIpc) is 3.69. The Hall–Kier alpha value is -3.64. The maximum absolute atomic E-state index is 13.3. The fourth-order valence-electron chi connectivity index (χ4n) is 5.94. The molecular weight excluding hydrogens is 603 g/mol. The van der Waals surface area contributed by atoms with E-state index in [1.54, 1.807) is 18.3 Å². The molecular formula is C38H53N7OS. The molecule has 1 aromatic carbocycles. The molecule has 0 aliphatic carbocycles. The summed E-state index contributed by atoms with van der Waals surface area (Å²) in [5.74, 6) is 1.61. The third-order valence-corrected chi connectivity index (χ3v) is 10.2. The van der Waals surface area contributed by atoms with Gasteiger partial charge in [-0.3, -0.25) is 4.79 Å². The second-order valence-electron chi connectivity index (χ2n) is 14.1. The zero-order chi connectivity index (χ0) is 34.3. The Balaban J connectivity index is 1.92. The van der Waals surface area contributed by atoms with Crippen molar-refractivity contribution in [3.05, 3.63) is 52.6 Å². The fraction of sp³-hybridized carbons (Fsp3) is 0.579. The first-order chi connectivity index (χ1) is 22.4. The molecule has 0 spiro atoms. The predicted octanol–water partition coefficient (Wildman–Crippen LogP) is 9.86. The van der Waals surface area contributed by atoms with Crippen LogP contribution in [-0.2, 0) is 5.41 Å². The summed E-state index contributed by atoms with van der Waals surface area (Å²) >= 11 is 1.59. The van der Waals surface area contributed by atoms with Crippen molar-refractivity contribution in [1.29, 1.82) is 5.26 Å². The smallest absolute Gasteiger partial charge is 0.291 e. The van der Waals surface area contributed by atoms with E-state index in [4.69, 9.17) is 15.0 Å². The number of benzene rings is 1. The largest absolute Gasteiger partial charge is 0.347 e. The van der Waals surface area contributed by atoms with Gasteiger partial charge in [-0.05, 0) is 38.5 Å². The highest BCUT2D eigenvalue weighted by atomic mass is 32.1. The van der Waals surface area contributed by atoms with E-state index in [9.17, 15) is 10.1 Å². The standard InChI is InChI=1S/C38H53N7OS/c1-10-14-16-27(12-3)23-44(24-28(13-4)17-15-11-2)37-41-32(29-20-18-25(5)19-21-29)34(47-37)40-31-26(6)30(22-39)35(46)45-33(31)42-36(43-45)38(7,8)9/h18-21,27-28H,10-17,23-24H2,1-9H3/b40-31-. The minimum Gasteiger partial charge on any atom is -0.347 e. The van der Waals surface area contributed by atoms with Crippen LogP contribution in [-0.4, -0.2) is 44.5 Å². The van der Waals surface area contributed by atoms with Crippen LogP contribution in [0, 0.1) is 30.1 Å². The van der Waals surface area contributed by atoms with E-state index in [1.165, 1.54) is 48.8 Å². The Labute approximate surface area is 286 Å². The van der Waals surface area contributed by atoms with Crippen molar-refractivity contribution in [1.82, 2.24) is 19.7 Å². The number of carbonyl (C=O) groups excluding carboxylic acids is 1. The molecule has 252 valence electrons. The zero-order valence-electron chi connectivity index (χ0n) is 30.0. The highest BCUT2D eigenvalue weighted by molar-refractivity contribution is 7.19. The number of fused-ring (bicyclic) bond motifs is 1. The van der Waals surface area contributed by atoms with E-state index in [-0.39, 0.29) is 11.0 Å². The van der Waals surface area contributed by atoms with Gasteiger partial charge < -0.3 is 4.90 Å². The number of carbonyl (C=O) groups is 1. The van der Waals surface area contributed by atoms with E-state index in [1.807, 2.05) is 20.8 Å². The highest BCUT2D eigenvalue weighted by Crippen LogP contribution is 2.42. The van der Waals surface area contributed by atoms with Crippen molar-refractivity contribution in [2.24, 2.45) is 16.8 Å². The van der Waals surface area contributed by atoms with Gasteiger partial charge in [0.15, 0.2) is 16.8 Å². The molecule has 47 heavy (non-hydrogen) atoms. The second kappa shape index (κ2) is 16.0. The summed E-state index contributed by atoms with van der Waals surface area (Å²) in [5.41, 5.74) is 3.61. The molecule has 8 nitrogen and oxygen atoms in total. The first-order valence-corrected chi connectivity index (χ1v) is 18.3. The van der Waals surface area contributed by atoms with Gasteiger partial charge in [-0.15, -0.1) is 5.10 Å². The zero-order valence-corrected chi connectivity index (χ0v) is 30.8. The molecule has 4 rings (SSSR count). The number of hydrogen-bond donors (Lipinski definition) is 0. The number of aliphatic imine (C=N–C) groups is 1. The lowest BCUT2D eigenvalue weighted by atomic mass is 9.96. The van der Waals surface area contributed by atoms with E-state index >= 15 is 0 Å². The summed E-state index contributed by atoms with van der Waals surface area (Å²) in [5, 5.41) is 16.3. The molecule has 1 aliphatic rings. The van der Waals surface area contributed by atoms with E-state index in [0.29, 0.717) is 34.8 Å². The van der Waals surface area contributed by atoms with Crippen LogP contribution in [0.4, 0.5) is 10.1 Å². The monoisotopic (exact) mass is 655 g/mol. The van der Waals surface area contributed by atoms with Gasteiger partial charge in [-0.2, -0.15) is 9.94 Å². The van der Waals surface area contributed by atoms with Crippen LogP contribution >= 0.6 is 11.3 Å². The minimum absolute atomic E-state index is 0.0354. The van der Waals surface area contributed by atoms with Gasteiger partial charge >= 0.3 is 0 Å². The van der Waals surface area contributed by atoms with Crippen LogP contribution in [0.1, 0.15) is 129 Å². The van der Waals surface area contributed by atoms with E-state index < -0.39 is 5.91 Å². The number of aryl methyl sites for hydroxylation is 1. The van der Waals surface area contributed by atoms with Crippen LogP contribution in [0.3, 0.4) is 0 Å². The number of allylic oxidation sites excluding steroid dienone is 2. The maximum atomic E-state index is 13.3. The molecule has 0 fully saturated rings. The molecule has 3 aromatic rings. The highest BCUT2D eigenvalue weighted by Gasteiger charge is 2.35. The Kier molecular flexibility index (Phi) is 12.3. The lowest BCUT2D eigenvalue weighted by Gasteiger charge is -2.30. The molecule has 2 aromatic heterocycles. The quantitative estimate of drug-likeness (QED) is 0.162. The van der Waals surface area contributed by atoms with Crippen molar-refractivity contribution in [3.63, 3.8) is 0 Å². The van der Waals surface area contributed by atoms with Gasteiger partial charge in [0.05, 0.1) is 0 Å². The van der Waals surface area contributed by atoms with Crippen LogP contribution in [0.5, 0.6) is 0 Å². The summed E-state index contributed by atoms with van der Waals surface area (Å²) in [6.07, 6.45) is 9.54. The van der Waals surface area contributed by atoms with Crippen molar-refractivity contribution < 1.29 is 4.79 Å². The summed E-state index contributed by atoms with van der Waals surface area (Å²) in [6.45, 7) is 21.0. The summed E-state index contributed by atoms with van der Waals surface area (Å²) in [4.78, 5) is 31.2. The first kappa shape index (κ1) is 36.2. The third kappa shape index (κ3) is 8.45. The number of nitrogens with zero attached hydrogens (tertiary/aromatic N) is 7.